The van der Waals surface area contributed by atoms with E-state index < -0.39 is 0 Å². The second kappa shape index (κ2) is 10.6. The van der Waals surface area contributed by atoms with Crippen molar-refractivity contribution >= 4 is 23.5 Å². The van der Waals surface area contributed by atoms with Crippen LogP contribution in [0.25, 0.3) is 16.9 Å². The minimum absolute atomic E-state index is 0.0508. The van der Waals surface area contributed by atoms with Gasteiger partial charge in [0, 0.05) is 44.1 Å². The summed E-state index contributed by atoms with van der Waals surface area (Å²) in [5.74, 6) is 0.204. The topological polar surface area (TPSA) is 92.1 Å². The number of carbonyl (C=O) groups excluding carboxylic acids is 2. The molecular weight excluding hydrogens is 463 g/mol. The van der Waals surface area contributed by atoms with Gasteiger partial charge in [-0.15, -0.1) is 0 Å². The first-order valence-electron chi connectivity index (χ1n) is 12.0. The van der Waals surface area contributed by atoms with Crippen LogP contribution < -0.4 is 5.32 Å². The number of carbonyl (C=O) groups is 2. The lowest BCUT2D eigenvalue weighted by Gasteiger charge is -2.34. The normalized spacial score (nSPS) is 15.6. The molecule has 36 heavy (non-hydrogen) atoms. The number of nitrogens with zero attached hydrogens (tertiary/aromatic N) is 5. The van der Waals surface area contributed by atoms with E-state index in [-0.39, 0.29) is 31.0 Å². The quantitative estimate of drug-likeness (QED) is 0.569. The molecule has 1 saturated heterocycles. The van der Waals surface area contributed by atoms with Crippen LogP contribution in [0.4, 0.5) is 15.0 Å². The second-order valence-corrected chi connectivity index (χ2v) is 8.66. The molecule has 1 fully saturated rings. The molecule has 0 spiro atoms. The average Bonchev–Trinajstić information content (AvgIpc) is 3.30. The van der Waals surface area contributed by atoms with Gasteiger partial charge >= 0.3 is 6.09 Å². The van der Waals surface area contributed by atoms with E-state index in [1.807, 2.05) is 10.5 Å². The van der Waals surface area contributed by atoms with Gasteiger partial charge in [0.1, 0.15) is 23.9 Å². The van der Waals surface area contributed by atoms with Gasteiger partial charge in [-0.3, -0.25) is 14.2 Å². The predicted octanol–water partition coefficient (Wildman–Crippen LogP) is 3.50. The third kappa shape index (κ3) is 5.22. The minimum Gasteiger partial charge on any atom is -0.445 e. The molecule has 0 bridgehead atoms. The number of halogens is 1. The Kier molecular flexibility index (Phi) is 6.92. The van der Waals surface area contributed by atoms with Crippen molar-refractivity contribution in [3.63, 3.8) is 0 Å². The summed E-state index contributed by atoms with van der Waals surface area (Å²) in [6, 6.07) is 6.05. The molecule has 2 aliphatic rings. The molecule has 1 aromatic carbocycles. The van der Waals surface area contributed by atoms with Crippen molar-refractivity contribution in [3.05, 3.63) is 72.5 Å². The molecule has 0 radical (unpaired) electrons. The van der Waals surface area contributed by atoms with Crippen molar-refractivity contribution in [1.29, 1.82) is 0 Å². The highest BCUT2D eigenvalue weighted by atomic mass is 19.1. The number of amides is 2. The molecule has 5 rings (SSSR count). The zero-order chi connectivity index (χ0) is 24.9. The number of nitrogens with one attached hydrogen (secondary N) is 1. The zero-order valence-corrected chi connectivity index (χ0v) is 19.8. The van der Waals surface area contributed by atoms with Crippen LogP contribution in [0, 0.1) is 5.82 Å². The molecule has 3 heterocycles. The number of anilines is 1. The Morgan fingerprint density at radius 2 is 1.83 bits per heavy atom. The maximum absolute atomic E-state index is 13.4. The number of imidazole rings is 1. The second-order valence-electron chi connectivity index (χ2n) is 8.66. The fraction of sp³-hybridized carbons (Fsp3) is 0.308. The summed E-state index contributed by atoms with van der Waals surface area (Å²) in [7, 11) is 0. The highest BCUT2D eigenvalue weighted by Crippen LogP contribution is 2.28. The van der Waals surface area contributed by atoms with E-state index >= 15 is 0 Å². The SMILES string of the molecule is O=C(CNc1c(-c2ccc(F)cc2)nc2cnccn12)N1CCN(C(=O)OCC2=CCCC=C2)CC1. The van der Waals surface area contributed by atoms with E-state index in [4.69, 9.17) is 4.74 Å². The monoisotopic (exact) mass is 490 g/mol. The van der Waals surface area contributed by atoms with Crippen LogP contribution in [0.2, 0.25) is 0 Å². The van der Waals surface area contributed by atoms with Gasteiger partial charge in [0.05, 0.1) is 12.7 Å². The van der Waals surface area contributed by atoms with Crippen LogP contribution in [0.15, 0.2) is 66.7 Å². The summed E-state index contributed by atoms with van der Waals surface area (Å²) in [5.41, 5.74) is 2.95. The van der Waals surface area contributed by atoms with Crippen LogP contribution in [-0.2, 0) is 9.53 Å². The standard InChI is InChI=1S/C26H27FN6O3/c27-21-8-6-20(7-9-21)24-25(33-11-10-28-16-22(33)30-24)29-17-23(34)31-12-14-32(15-13-31)26(35)36-18-19-4-2-1-3-5-19/h2,4-11,16,29H,1,3,12-15,17-18H2. The first-order valence-corrected chi connectivity index (χ1v) is 12.0. The Labute approximate surface area is 207 Å². The zero-order valence-electron chi connectivity index (χ0n) is 19.8. The smallest absolute Gasteiger partial charge is 0.410 e. The van der Waals surface area contributed by atoms with Crippen molar-refractivity contribution in [3.8, 4) is 11.3 Å². The van der Waals surface area contributed by atoms with Crippen LogP contribution in [0.3, 0.4) is 0 Å². The van der Waals surface area contributed by atoms with Crippen molar-refractivity contribution in [2.75, 3.05) is 44.6 Å². The lowest BCUT2D eigenvalue weighted by Crippen LogP contribution is -2.52. The van der Waals surface area contributed by atoms with E-state index in [9.17, 15) is 14.0 Å². The summed E-state index contributed by atoms with van der Waals surface area (Å²) < 4.78 is 20.7. The van der Waals surface area contributed by atoms with Gasteiger partial charge < -0.3 is 19.9 Å². The molecule has 0 saturated carbocycles. The molecule has 1 aliphatic heterocycles. The number of rotatable bonds is 6. The molecule has 1 N–H and O–H groups in total. The minimum atomic E-state index is -0.358. The average molecular weight is 491 g/mol. The number of piperazine rings is 1. The molecule has 2 aromatic heterocycles. The summed E-state index contributed by atoms with van der Waals surface area (Å²) in [6.45, 7) is 2.02. The number of hydrogen-bond donors (Lipinski definition) is 1. The van der Waals surface area contributed by atoms with Crippen LogP contribution >= 0.6 is 0 Å². The van der Waals surface area contributed by atoms with Gasteiger partial charge in [0.2, 0.25) is 5.91 Å². The Bertz CT molecular complexity index is 1310. The summed E-state index contributed by atoms with van der Waals surface area (Å²) in [5, 5.41) is 3.21. The van der Waals surface area contributed by atoms with Gasteiger partial charge in [0.15, 0.2) is 5.65 Å². The summed E-state index contributed by atoms with van der Waals surface area (Å²) in [6.07, 6.45) is 12.8. The molecule has 3 aromatic rings. The fourth-order valence-corrected chi connectivity index (χ4v) is 4.31. The lowest BCUT2D eigenvalue weighted by molar-refractivity contribution is -0.130. The Morgan fingerprint density at radius 1 is 1.06 bits per heavy atom. The van der Waals surface area contributed by atoms with E-state index in [1.165, 1.54) is 12.1 Å². The number of aromatic nitrogens is 3. The van der Waals surface area contributed by atoms with Gasteiger partial charge in [-0.25, -0.2) is 14.2 Å². The molecule has 10 heteroatoms. The molecule has 2 amide bonds. The molecule has 1 aliphatic carbocycles. The van der Waals surface area contributed by atoms with E-state index in [2.05, 4.69) is 27.4 Å². The Hall–Kier alpha value is -4.21. The Morgan fingerprint density at radius 3 is 2.58 bits per heavy atom. The first-order chi connectivity index (χ1) is 17.6. The number of ether oxygens (including phenoxy) is 1. The van der Waals surface area contributed by atoms with Crippen LogP contribution in [0.1, 0.15) is 12.8 Å². The predicted molar refractivity (Wildman–Crippen MR) is 133 cm³/mol. The molecule has 186 valence electrons. The largest absolute Gasteiger partial charge is 0.445 e. The number of hydrogen-bond acceptors (Lipinski definition) is 6. The van der Waals surface area contributed by atoms with E-state index in [1.54, 1.807) is 40.5 Å². The Balaban J connectivity index is 1.18. The maximum atomic E-state index is 13.4. The van der Waals surface area contributed by atoms with Crippen molar-refractivity contribution in [2.24, 2.45) is 0 Å². The molecule has 0 atom stereocenters. The lowest BCUT2D eigenvalue weighted by atomic mass is 10.1. The van der Waals surface area contributed by atoms with E-state index in [0.29, 0.717) is 43.3 Å². The fourth-order valence-electron chi connectivity index (χ4n) is 4.31. The summed E-state index contributed by atoms with van der Waals surface area (Å²) in [4.78, 5) is 37.4. The summed E-state index contributed by atoms with van der Waals surface area (Å²) >= 11 is 0. The number of allylic oxidation sites excluding steroid dienone is 2. The van der Waals surface area contributed by atoms with Gasteiger partial charge in [-0.2, -0.15) is 0 Å². The van der Waals surface area contributed by atoms with Crippen molar-refractivity contribution in [2.45, 2.75) is 12.8 Å². The highest BCUT2D eigenvalue weighted by molar-refractivity contribution is 5.84. The van der Waals surface area contributed by atoms with Gasteiger partial charge in [-0.05, 0) is 42.7 Å². The third-order valence-corrected chi connectivity index (χ3v) is 6.28. The van der Waals surface area contributed by atoms with E-state index in [0.717, 1.165) is 24.0 Å². The molecular formula is C26H27FN6O3. The maximum Gasteiger partial charge on any atom is 0.410 e. The van der Waals surface area contributed by atoms with Crippen LogP contribution in [-0.4, -0.2) is 75.5 Å². The van der Waals surface area contributed by atoms with Gasteiger partial charge in [0.25, 0.3) is 0 Å². The number of fused-ring (bicyclic) bond motifs is 1. The van der Waals surface area contributed by atoms with Crippen molar-refractivity contribution < 1.29 is 18.7 Å². The molecule has 0 unspecified atom stereocenters. The van der Waals surface area contributed by atoms with Gasteiger partial charge in [-0.1, -0.05) is 18.2 Å². The molecule has 9 nitrogen and oxygen atoms in total. The van der Waals surface area contributed by atoms with Crippen LogP contribution in [0.5, 0.6) is 0 Å². The third-order valence-electron chi connectivity index (χ3n) is 6.28. The van der Waals surface area contributed by atoms with Crippen molar-refractivity contribution in [1.82, 2.24) is 24.2 Å². The first kappa shape index (κ1) is 23.5. The number of benzene rings is 1. The highest BCUT2D eigenvalue weighted by Gasteiger charge is 2.25.